The number of benzene rings is 1. The number of amides is 2. The van der Waals surface area contributed by atoms with Gasteiger partial charge in [0.15, 0.2) is 0 Å². The van der Waals surface area contributed by atoms with Crippen molar-refractivity contribution in [1.29, 1.82) is 0 Å². The van der Waals surface area contributed by atoms with Crippen LogP contribution in [0.15, 0.2) is 18.2 Å². The summed E-state index contributed by atoms with van der Waals surface area (Å²) in [5, 5.41) is 3.06. The smallest absolute Gasteiger partial charge is 0.322 e. The Morgan fingerprint density at radius 1 is 1.19 bits per heavy atom. The zero-order valence-corrected chi connectivity index (χ0v) is 13.1. The SMILES string of the molecule is COC1CC2CCC(C1)N2C(=O)Nc1ccc(C)c(C)c1. The maximum absolute atomic E-state index is 12.6. The van der Waals surface area contributed by atoms with E-state index in [1.807, 2.05) is 17.0 Å². The number of methoxy groups -OCH3 is 1. The van der Waals surface area contributed by atoms with Gasteiger partial charge < -0.3 is 15.0 Å². The molecule has 2 fully saturated rings. The summed E-state index contributed by atoms with van der Waals surface area (Å²) in [5.74, 6) is 0. The lowest BCUT2D eigenvalue weighted by molar-refractivity contribution is 0.0232. The second kappa shape index (κ2) is 5.68. The molecule has 2 heterocycles. The second-order valence-corrected chi connectivity index (χ2v) is 6.35. The van der Waals surface area contributed by atoms with Gasteiger partial charge in [0, 0.05) is 24.9 Å². The highest BCUT2D eigenvalue weighted by Gasteiger charge is 2.43. The van der Waals surface area contributed by atoms with Crippen LogP contribution >= 0.6 is 0 Å². The number of aryl methyl sites for hydroxylation is 2. The van der Waals surface area contributed by atoms with Gasteiger partial charge in [-0.15, -0.1) is 0 Å². The summed E-state index contributed by atoms with van der Waals surface area (Å²) in [6.07, 6.45) is 4.45. The van der Waals surface area contributed by atoms with Crippen LogP contribution in [-0.2, 0) is 4.74 Å². The first-order valence-electron chi connectivity index (χ1n) is 7.78. The van der Waals surface area contributed by atoms with Gasteiger partial charge in [-0.25, -0.2) is 4.79 Å². The van der Waals surface area contributed by atoms with Crippen LogP contribution in [0.4, 0.5) is 10.5 Å². The van der Waals surface area contributed by atoms with Crippen molar-refractivity contribution >= 4 is 11.7 Å². The summed E-state index contributed by atoms with van der Waals surface area (Å²) in [5.41, 5.74) is 3.33. The highest BCUT2D eigenvalue weighted by molar-refractivity contribution is 5.90. The highest BCUT2D eigenvalue weighted by atomic mass is 16.5. The van der Waals surface area contributed by atoms with Gasteiger partial charge in [-0.3, -0.25) is 0 Å². The van der Waals surface area contributed by atoms with E-state index < -0.39 is 0 Å². The molecular formula is C17H24N2O2. The molecule has 0 aromatic heterocycles. The maximum Gasteiger partial charge on any atom is 0.322 e. The van der Waals surface area contributed by atoms with Gasteiger partial charge >= 0.3 is 6.03 Å². The summed E-state index contributed by atoms with van der Waals surface area (Å²) in [6, 6.07) is 6.78. The molecule has 2 bridgehead atoms. The zero-order chi connectivity index (χ0) is 15.0. The van der Waals surface area contributed by atoms with Gasteiger partial charge in [0.1, 0.15) is 0 Å². The van der Waals surface area contributed by atoms with Crippen LogP contribution < -0.4 is 5.32 Å². The Labute approximate surface area is 126 Å². The molecule has 1 aromatic rings. The molecule has 1 aromatic carbocycles. The molecule has 3 rings (SSSR count). The molecule has 2 atom stereocenters. The fourth-order valence-electron chi connectivity index (χ4n) is 3.66. The van der Waals surface area contributed by atoms with Gasteiger partial charge in [0.05, 0.1) is 6.10 Å². The van der Waals surface area contributed by atoms with E-state index in [1.54, 1.807) is 7.11 Å². The number of carbonyl (C=O) groups is 1. The van der Waals surface area contributed by atoms with Crippen molar-refractivity contribution in [1.82, 2.24) is 4.90 Å². The summed E-state index contributed by atoms with van der Waals surface area (Å²) >= 11 is 0. The number of rotatable bonds is 2. The summed E-state index contributed by atoms with van der Waals surface area (Å²) in [6.45, 7) is 4.15. The Morgan fingerprint density at radius 3 is 2.43 bits per heavy atom. The normalized spacial score (nSPS) is 27.8. The van der Waals surface area contributed by atoms with Crippen LogP contribution in [0, 0.1) is 13.8 Å². The number of anilines is 1. The molecule has 0 radical (unpaired) electrons. The molecule has 2 aliphatic rings. The van der Waals surface area contributed by atoms with Crippen LogP contribution in [0.2, 0.25) is 0 Å². The molecular weight excluding hydrogens is 264 g/mol. The Kier molecular flexibility index (Phi) is 3.89. The van der Waals surface area contributed by atoms with Crippen molar-refractivity contribution in [3.8, 4) is 0 Å². The van der Waals surface area contributed by atoms with Crippen molar-refractivity contribution in [3.05, 3.63) is 29.3 Å². The highest BCUT2D eigenvalue weighted by Crippen LogP contribution is 2.37. The predicted octanol–water partition coefficient (Wildman–Crippen LogP) is 3.48. The van der Waals surface area contributed by atoms with Gasteiger partial charge in [-0.2, -0.15) is 0 Å². The molecule has 21 heavy (non-hydrogen) atoms. The molecule has 2 saturated heterocycles. The number of hydrogen-bond donors (Lipinski definition) is 1. The number of nitrogens with zero attached hydrogens (tertiary/aromatic N) is 1. The van der Waals surface area contributed by atoms with Crippen molar-refractivity contribution < 1.29 is 9.53 Å². The van der Waals surface area contributed by atoms with Crippen LogP contribution in [0.25, 0.3) is 0 Å². The van der Waals surface area contributed by atoms with Crippen molar-refractivity contribution in [2.45, 2.75) is 57.7 Å². The summed E-state index contributed by atoms with van der Waals surface area (Å²) in [7, 11) is 1.77. The zero-order valence-electron chi connectivity index (χ0n) is 13.1. The third-order valence-electron chi connectivity index (χ3n) is 5.02. The van der Waals surface area contributed by atoms with E-state index in [4.69, 9.17) is 4.74 Å². The number of piperidine rings is 1. The van der Waals surface area contributed by atoms with Crippen LogP contribution in [-0.4, -0.2) is 36.2 Å². The van der Waals surface area contributed by atoms with Crippen molar-refractivity contribution in [2.75, 3.05) is 12.4 Å². The van der Waals surface area contributed by atoms with E-state index >= 15 is 0 Å². The molecule has 114 valence electrons. The molecule has 4 heteroatoms. The van der Waals surface area contributed by atoms with Gasteiger partial charge in [0.25, 0.3) is 0 Å². The lowest BCUT2D eigenvalue weighted by atomic mass is 10.0. The molecule has 4 nitrogen and oxygen atoms in total. The molecule has 1 N–H and O–H groups in total. The average Bonchev–Trinajstić information content (AvgIpc) is 2.73. The minimum absolute atomic E-state index is 0.0420. The lowest BCUT2D eigenvalue weighted by Crippen LogP contribution is -2.50. The topological polar surface area (TPSA) is 41.6 Å². The lowest BCUT2D eigenvalue weighted by Gasteiger charge is -2.38. The van der Waals surface area contributed by atoms with Crippen molar-refractivity contribution in [3.63, 3.8) is 0 Å². The number of hydrogen-bond acceptors (Lipinski definition) is 2. The van der Waals surface area contributed by atoms with E-state index in [0.29, 0.717) is 18.2 Å². The number of carbonyl (C=O) groups excluding carboxylic acids is 1. The number of nitrogens with one attached hydrogen (secondary N) is 1. The Morgan fingerprint density at radius 2 is 1.86 bits per heavy atom. The number of urea groups is 1. The average molecular weight is 288 g/mol. The van der Waals surface area contributed by atoms with Crippen LogP contribution in [0.5, 0.6) is 0 Å². The molecule has 0 saturated carbocycles. The molecule has 0 spiro atoms. The van der Waals surface area contributed by atoms with E-state index in [1.165, 1.54) is 11.1 Å². The van der Waals surface area contributed by atoms with Gasteiger partial charge in [-0.1, -0.05) is 6.07 Å². The molecule has 0 aliphatic carbocycles. The summed E-state index contributed by atoms with van der Waals surface area (Å²) < 4.78 is 5.49. The first kappa shape index (κ1) is 14.4. The van der Waals surface area contributed by atoms with E-state index in [2.05, 4.69) is 25.2 Å². The van der Waals surface area contributed by atoms with E-state index in [9.17, 15) is 4.79 Å². The Hall–Kier alpha value is -1.55. The largest absolute Gasteiger partial charge is 0.381 e. The predicted molar refractivity (Wildman–Crippen MR) is 83.6 cm³/mol. The third-order valence-corrected chi connectivity index (χ3v) is 5.02. The fourth-order valence-corrected chi connectivity index (χ4v) is 3.66. The minimum atomic E-state index is 0.0420. The fraction of sp³-hybridized carbons (Fsp3) is 0.588. The van der Waals surface area contributed by atoms with E-state index in [0.717, 1.165) is 31.4 Å². The van der Waals surface area contributed by atoms with E-state index in [-0.39, 0.29) is 6.03 Å². The monoisotopic (exact) mass is 288 g/mol. The first-order valence-corrected chi connectivity index (χ1v) is 7.78. The standard InChI is InChI=1S/C17H24N2O2/c1-11-4-5-13(8-12(11)2)18-17(20)19-14-6-7-15(19)10-16(9-14)21-3/h4-5,8,14-16H,6-7,9-10H2,1-3H3,(H,18,20). The number of ether oxygens (including phenoxy) is 1. The maximum atomic E-state index is 12.6. The van der Waals surface area contributed by atoms with Crippen molar-refractivity contribution in [2.24, 2.45) is 0 Å². The van der Waals surface area contributed by atoms with Crippen LogP contribution in [0.3, 0.4) is 0 Å². The van der Waals surface area contributed by atoms with Gasteiger partial charge in [0.2, 0.25) is 0 Å². The first-order chi connectivity index (χ1) is 10.1. The molecule has 2 amide bonds. The number of fused-ring (bicyclic) bond motifs is 2. The Bertz CT molecular complexity index is 530. The van der Waals surface area contributed by atoms with Gasteiger partial charge in [-0.05, 0) is 62.8 Å². The molecule has 2 unspecified atom stereocenters. The molecule has 2 aliphatic heterocycles. The quantitative estimate of drug-likeness (QED) is 0.905. The second-order valence-electron chi connectivity index (χ2n) is 6.35. The summed E-state index contributed by atoms with van der Waals surface area (Å²) in [4.78, 5) is 14.6. The Balaban J connectivity index is 1.70. The third kappa shape index (κ3) is 2.77. The van der Waals surface area contributed by atoms with Crippen LogP contribution in [0.1, 0.15) is 36.8 Å². The minimum Gasteiger partial charge on any atom is -0.381 e.